The number of ether oxygens (including phenoxy) is 2. The zero-order valence-electron chi connectivity index (χ0n) is 20.4. The lowest BCUT2D eigenvalue weighted by atomic mass is 9.80. The average Bonchev–Trinajstić information content (AvgIpc) is 3.25. The third-order valence-corrected chi connectivity index (χ3v) is 7.16. The Morgan fingerprint density at radius 1 is 1.15 bits per heavy atom. The maximum atomic E-state index is 13.0. The van der Waals surface area contributed by atoms with Crippen molar-refractivity contribution in [3.63, 3.8) is 0 Å². The second-order valence-electron chi connectivity index (χ2n) is 9.92. The predicted octanol–water partition coefficient (Wildman–Crippen LogP) is 3.39. The number of amides is 1. The summed E-state index contributed by atoms with van der Waals surface area (Å²) in [6, 6.07) is 8.44. The smallest absolute Gasteiger partial charge is 0.457 e. The van der Waals surface area contributed by atoms with Crippen molar-refractivity contribution >= 4 is 19.2 Å². The van der Waals surface area contributed by atoms with E-state index in [-0.39, 0.29) is 43.4 Å². The molecular weight excluding hydrogens is 423 g/mol. The first-order valence-corrected chi connectivity index (χ1v) is 11.7. The molecule has 2 heterocycles. The fourth-order valence-electron chi connectivity index (χ4n) is 4.64. The number of rotatable bonds is 8. The van der Waals surface area contributed by atoms with Crippen LogP contribution in [0, 0.1) is 5.92 Å². The van der Waals surface area contributed by atoms with Crippen LogP contribution in [0.5, 0.6) is 0 Å². The lowest BCUT2D eigenvalue weighted by Gasteiger charge is -2.32. The molecular formula is C24H37BN2O6. The van der Waals surface area contributed by atoms with Crippen molar-refractivity contribution in [2.45, 2.75) is 83.2 Å². The van der Waals surface area contributed by atoms with Gasteiger partial charge in [-0.05, 0) is 58.3 Å². The highest BCUT2D eigenvalue weighted by Gasteiger charge is 2.51. The normalized spacial score (nSPS) is 25.8. The third-order valence-electron chi connectivity index (χ3n) is 7.16. The summed E-state index contributed by atoms with van der Waals surface area (Å²) in [7, 11) is 1.05. The van der Waals surface area contributed by atoms with Crippen LogP contribution in [0.25, 0.3) is 0 Å². The molecule has 0 bridgehead atoms. The van der Waals surface area contributed by atoms with Crippen molar-refractivity contribution in [1.29, 1.82) is 0 Å². The lowest BCUT2D eigenvalue weighted by molar-refractivity contribution is -0.147. The highest BCUT2D eigenvalue weighted by Crippen LogP contribution is 2.39. The van der Waals surface area contributed by atoms with Crippen LogP contribution in [0.1, 0.15) is 52.5 Å². The van der Waals surface area contributed by atoms with Crippen molar-refractivity contribution in [3.8, 4) is 0 Å². The van der Waals surface area contributed by atoms with Crippen LogP contribution in [0.3, 0.4) is 0 Å². The van der Waals surface area contributed by atoms with Gasteiger partial charge in [0.2, 0.25) is 0 Å². The van der Waals surface area contributed by atoms with Crippen molar-refractivity contribution in [1.82, 2.24) is 4.90 Å². The van der Waals surface area contributed by atoms with Gasteiger partial charge in [0.05, 0.1) is 18.3 Å². The van der Waals surface area contributed by atoms with Gasteiger partial charge in [-0.15, -0.1) is 0 Å². The molecule has 0 saturated carbocycles. The number of hydrogen-bond acceptors (Lipinski definition) is 7. The number of carbonyl (C=O) groups excluding carboxylic acids is 2. The van der Waals surface area contributed by atoms with Gasteiger partial charge < -0.3 is 24.5 Å². The Bertz CT molecular complexity index is 802. The molecule has 1 unspecified atom stereocenters. The number of benzene rings is 1. The van der Waals surface area contributed by atoms with Gasteiger partial charge in [0.1, 0.15) is 12.6 Å². The molecule has 1 amide bonds. The second kappa shape index (κ2) is 10.4. The van der Waals surface area contributed by atoms with E-state index >= 15 is 0 Å². The summed E-state index contributed by atoms with van der Waals surface area (Å²) in [5.74, 6) is -0.513. The maximum Gasteiger partial charge on any atom is 0.457 e. The zero-order chi connectivity index (χ0) is 24.2. The van der Waals surface area contributed by atoms with Crippen LogP contribution in [-0.2, 0) is 30.2 Å². The van der Waals surface area contributed by atoms with Gasteiger partial charge in [0.15, 0.2) is 0 Å². The van der Waals surface area contributed by atoms with E-state index in [1.54, 1.807) is 0 Å². The Kier molecular flexibility index (Phi) is 8.08. The molecule has 1 aromatic rings. The quantitative estimate of drug-likeness (QED) is 0.469. The summed E-state index contributed by atoms with van der Waals surface area (Å²) in [6.07, 6.45) is 2.31. The predicted molar refractivity (Wildman–Crippen MR) is 125 cm³/mol. The van der Waals surface area contributed by atoms with Gasteiger partial charge in [-0.1, -0.05) is 36.8 Å². The summed E-state index contributed by atoms with van der Waals surface area (Å²) < 4.78 is 22.8. The molecule has 8 nitrogen and oxygen atoms in total. The summed E-state index contributed by atoms with van der Waals surface area (Å²) in [5, 5.41) is 0. The maximum absolute atomic E-state index is 13.0. The van der Waals surface area contributed by atoms with Gasteiger partial charge in [-0.2, -0.15) is 0 Å². The van der Waals surface area contributed by atoms with Crippen molar-refractivity contribution in [2.24, 2.45) is 11.7 Å². The SMILES string of the molecule is COC(=O)[C@@H]1[C@H](CCCB2OC(C)(C)C(C)(C)O2)CC(CN)N1C(=O)OCc1ccccc1. The standard InChI is InChI=1S/C24H37BN2O6/c1-23(2)24(3,4)33-25(32-23)13-9-12-18-14-19(15-26)27(20(18)21(28)30-5)22(29)31-16-17-10-7-6-8-11-17/h6-8,10-11,18-20H,9,12-16,26H2,1-5H3/t18-,19?,20+/m1/s1. The molecule has 0 aliphatic carbocycles. The number of hydrogen-bond donors (Lipinski definition) is 1. The Balaban J connectivity index is 1.63. The molecule has 2 aliphatic heterocycles. The van der Waals surface area contributed by atoms with Crippen molar-refractivity contribution in [3.05, 3.63) is 35.9 Å². The molecule has 182 valence electrons. The molecule has 2 fully saturated rings. The van der Waals surface area contributed by atoms with Crippen molar-refractivity contribution < 1.29 is 28.4 Å². The minimum atomic E-state index is -0.717. The number of methoxy groups -OCH3 is 1. The van der Waals surface area contributed by atoms with Crippen LogP contribution in [-0.4, -0.2) is 61.0 Å². The zero-order valence-corrected chi connectivity index (χ0v) is 20.4. The molecule has 3 rings (SSSR count). The average molecular weight is 460 g/mol. The fraction of sp³-hybridized carbons (Fsp3) is 0.667. The van der Waals surface area contributed by atoms with E-state index in [9.17, 15) is 9.59 Å². The molecule has 0 aromatic heterocycles. The Morgan fingerprint density at radius 2 is 1.79 bits per heavy atom. The van der Waals surface area contributed by atoms with E-state index in [0.717, 1.165) is 18.4 Å². The summed E-state index contributed by atoms with van der Waals surface area (Å²) in [5.41, 5.74) is 6.12. The van der Waals surface area contributed by atoms with Gasteiger partial charge in [-0.25, -0.2) is 9.59 Å². The highest BCUT2D eigenvalue weighted by molar-refractivity contribution is 6.45. The van der Waals surface area contributed by atoms with Gasteiger partial charge in [-0.3, -0.25) is 4.90 Å². The summed E-state index contributed by atoms with van der Waals surface area (Å²) in [4.78, 5) is 27.2. The van der Waals surface area contributed by atoms with E-state index in [4.69, 9.17) is 24.5 Å². The molecule has 2 saturated heterocycles. The largest absolute Gasteiger partial charge is 0.467 e. The third kappa shape index (κ3) is 5.70. The van der Waals surface area contributed by atoms with Gasteiger partial charge >= 0.3 is 19.2 Å². The number of likely N-dealkylation sites (tertiary alicyclic amines) is 1. The number of esters is 1. The first-order chi connectivity index (χ1) is 15.6. The van der Waals surface area contributed by atoms with Gasteiger partial charge in [0, 0.05) is 12.6 Å². The van der Waals surface area contributed by atoms with E-state index in [2.05, 4.69) is 0 Å². The number of carbonyl (C=O) groups is 2. The molecule has 3 atom stereocenters. The second-order valence-corrected chi connectivity index (χ2v) is 9.92. The first-order valence-electron chi connectivity index (χ1n) is 11.7. The molecule has 2 N–H and O–H groups in total. The van der Waals surface area contributed by atoms with E-state index in [0.29, 0.717) is 12.7 Å². The van der Waals surface area contributed by atoms with Crippen LogP contribution in [0.15, 0.2) is 30.3 Å². The monoisotopic (exact) mass is 460 g/mol. The molecule has 33 heavy (non-hydrogen) atoms. The van der Waals surface area contributed by atoms with Crippen molar-refractivity contribution in [2.75, 3.05) is 13.7 Å². The van der Waals surface area contributed by atoms with Crippen LogP contribution in [0.4, 0.5) is 4.79 Å². The lowest BCUT2D eigenvalue weighted by Crippen LogP contribution is -2.49. The fourth-order valence-corrected chi connectivity index (χ4v) is 4.64. The minimum absolute atomic E-state index is 0.0716. The minimum Gasteiger partial charge on any atom is -0.467 e. The molecule has 0 spiro atoms. The number of nitrogens with two attached hydrogens (primary N) is 1. The van der Waals surface area contributed by atoms with E-state index < -0.39 is 18.1 Å². The van der Waals surface area contributed by atoms with E-state index in [1.807, 2.05) is 58.0 Å². The molecule has 2 aliphatic rings. The Hall–Kier alpha value is -2.10. The van der Waals surface area contributed by atoms with Crippen LogP contribution in [0.2, 0.25) is 6.32 Å². The molecule has 1 aromatic carbocycles. The number of nitrogens with zero attached hydrogens (tertiary/aromatic N) is 1. The summed E-state index contributed by atoms with van der Waals surface area (Å²) >= 11 is 0. The summed E-state index contributed by atoms with van der Waals surface area (Å²) in [6.45, 7) is 8.50. The topological polar surface area (TPSA) is 100 Å². The van der Waals surface area contributed by atoms with Gasteiger partial charge in [0.25, 0.3) is 0 Å². The molecule has 9 heteroatoms. The van der Waals surface area contributed by atoms with E-state index in [1.165, 1.54) is 12.0 Å². The first kappa shape index (κ1) is 25.5. The molecule has 0 radical (unpaired) electrons. The Labute approximate surface area is 197 Å². The highest BCUT2D eigenvalue weighted by atomic mass is 16.7. The Morgan fingerprint density at radius 3 is 2.36 bits per heavy atom. The van der Waals surface area contributed by atoms with Crippen LogP contribution >= 0.6 is 0 Å². The van der Waals surface area contributed by atoms with Crippen LogP contribution < -0.4 is 5.73 Å².